The lowest BCUT2D eigenvalue weighted by atomic mass is 10.3. The van der Waals surface area contributed by atoms with E-state index in [1.54, 1.807) is 0 Å². The Bertz CT molecular complexity index is 480. The summed E-state index contributed by atoms with van der Waals surface area (Å²) in [6, 6.07) is 1.36. The maximum absolute atomic E-state index is 10.4. The van der Waals surface area contributed by atoms with Crippen LogP contribution < -0.4 is 0 Å². The summed E-state index contributed by atoms with van der Waals surface area (Å²) in [6.45, 7) is 0. The Morgan fingerprint density at radius 3 is 3.08 bits per heavy atom. The molecule has 0 saturated carbocycles. The van der Waals surface area contributed by atoms with Gasteiger partial charge in [0.1, 0.15) is 21.8 Å². The van der Waals surface area contributed by atoms with E-state index < -0.39 is 4.92 Å². The highest BCUT2D eigenvalue weighted by molar-refractivity contribution is 9.10. The predicted molar refractivity (Wildman–Crippen MR) is 48.2 cm³/mol. The third kappa shape index (κ3) is 1.26. The summed E-state index contributed by atoms with van der Waals surface area (Å²) in [5.41, 5.74) is 0.998. The van der Waals surface area contributed by atoms with E-state index in [4.69, 9.17) is 0 Å². The number of hydrogen-bond donors (Lipinski definition) is 1. The highest BCUT2D eigenvalue weighted by Crippen LogP contribution is 2.21. The van der Waals surface area contributed by atoms with Gasteiger partial charge in [-0.2, -0.15) is 5.10 Å². The van der Waals surface area contributed by atoms with Crippen molar-refractivity contribution in [2.45, 2.75) is 0 Å². The summed E-state index contributed by atoms with van der Waals surface area (Å²) >= 11 is 3.18. The molecule has 0 radical (unpaired) electrons. The van der Waals surface area contributed by atoms with E-state index in [2.05, 4.69) is 31.1 Å². The first-order valence-corrected chi connectivity index (χ1v) is 4.12. The van der Waals surface area contributed by atoms with Crippen molar-refractivity contribution in [3.63, 3.8) is 0 Å². The fourth-order valence-electron chi connectivity index (χ4n) is 0.959. The van der Waals surface area contributed by atoms with Crippen LogP contribution in [0.4, 0.5) is 5.69 Å². The van der Waals surface area contributed by atoms with Crippen LogP contribution in [0.15, 0.2) is 16.9 Å². The van der Waals surface area contributed by atoms with Crippen LogP contribution in [0.2, 0.25) is 0 Å². The first-order chi connectivity index (χ1) is 6.18. The Hall–Kier alpha value is -1.50. The van der Waals surface area contributed by atoms with Crippen molar-refractivity contribution in [3.05, 3.63) is 27.0 Å². The first-order valence-electron chi connectivity index (χ1n) is 3.32. The highest BCUT2D eigenvalue weighted by Gasteiger charge is 2.10. The second-order valence-electron chi connectivity index (χ2n) is 2.36. The van der Waals surface area contributed by atoms with E-state index in [0.717, 1.165) is 0 Å². The average molecular weight is 243 g/mol. The molecule has 0 aromatic carbocycles. The SMILES string of the molecule is O=[N+]([O-])c1cnc2c(Br)[nH]nc2c1. The van der Waals surface area contributed by atoms with Gasteiger partial charge in [-0.05, 0) is 15.9 Å². The summed E-state index contributed by atoms with van der Waals surface area (Å²) in [6.07, 6.45) is 1.20. The maximum atomic E-state index is 10.4. The van der Waals surface area contributed by atoms with E-state index in [0.29, 0.717) is 15.6 Å². The summed E-state index contributed by atoms with van der Waals surface area (Å²) in [4.78, 5) is 13.7. The summed E-state index contributed by atoms with van der Waals surface area (Å²) in [7, 11) is 0. The Morgan fingerprint density at radius 2 is 2.38 bits per heavy atom. The zero-order valence-corrected chi connectivity index (χ0v) is 7.78. The van der Waals surface area contributed by atoms with E-state index in [9.17, 15) is 10.1 Å². The number of aromatic nitrogens is 3. The van der Waals surface area contributed by atoms with Crippen molar-refractivity contribution in [1.29, 1.82) is 0 Å². The standard InChI is InChI=1S/C6H3BrN4O2/c7-6-5-4(9-10-6)1-3(2-8-5)11(12)13/h1-2H,(H,9,10). The van der Waals surface area contributed by atoms with Gasteiger partial charge in [0.2, 0.25) is 0 Å². The van der Waals surface area contributed by atoms with Crippen LogP contribution in [-0.4, -0.2) is 20.1 Å². The number of hydrogen-bond acceptors (Lipinski definition) is 4. The number of H-pyrrole nitrogens is 1. The van der Waals surface area contributed by atoms with Gasteiger partial charge in [-0.3, -0.25) is 15.2 Å². The molecular formula is C6H3BrN4O2. The van der Waals surface area contributed by atoms with Gasteiger partial charge >= 0.3 is 0 Å². The summed E-state index contributed by atoms with van der Waals surface area (Å²) in [5, 5.41) is 16.8. The molecular weight excluding hydrogens is 240 g/mol. The van der Waals surface area contributed by atoms with E-state index >= 15 is 0 Å². The zero-order chi connectivity index (χ0) is 9.42. The minimum Gasteiger partial charge on any atom is -0.269 e. The minimum absolute atomic E-state index is 0.0634. The van der Waals surface area contributed by atoms with Gasteiger partial charge in [-0.1, -0.05) is 0 Å². The molecule has 0 unspecified atom stereocenters. The molecule has 2 rings (SSSR count). The molecule has 0 aliphatic carbocycles. The lowest BCUT2D eigenvalue weighted by Gasteiger charge is -1.89. The molecule has 0 saturated heterocycles. The molecule has 0 aliphatic rings. The highest BCUT2D eigenvalue weighted by atomic mass is 79.9. The first kappa shape index (κ1) is 8.11. The fourth-order valence-corrected chi connectivity index (χ4v) is 1.35. The molecule has 0 fully saturated rings. The molecule has 0 bridgehead atoms. The Morgan fingerprint density at radius 1 is 1.62 bits per heavy atom. The fraction of sp³-hybridized carbons (Fsp3) is 0. The van der Waals surface area contributed by atoms with Gasteiger partial charge in [0.15, 0.2) is 0 Å². The molecule has 1 N–H and O–H groups in total. The van der Waals surface area contributed by atoms with Gasteiger partial charge in [-0.25, -0.2) is 4.98 Å². The largest absolute Gasteiger partial charge is 0.289 e. The molecule has 0 atom stereocenters. The summed E-state index contributed by atoms with van der Waals surface area (Å²) < 4.78 is 0.623. The number of nitrogens with zero attached hydrogens (tertiary/aromatic N) is 3. The second kappa shape index (κ2) is 2.77. The van der Waals surface area contributed by atoms with Crippen LogP contribution in [0.3, 0.4) is 0 Å². The molecule has 66 valence electrons. The van der Waals surface area contributed by atoms with Crippen molar-refractivity contribution < 1.29 is 4.92 Å². The molecule has 0 aliphatic heterocycles. The van der Waals surface area contributed by atoms with Crippen LogP contribution in [0, 0.1) is 10.1 Å². The van der Waals surface area contributed by atoms with Crippen molar-refractivity contribution in [2.24, 2.45) is 0 Å². The number of halogens is 1. The quantitative estimate of drug-likeness (QED) is 0.609. The van der Waals surface area contributed by atoms with Crippen LogP contribution in [0.5, 0.6) is 0 Å². The molecule has 0 amide bonds. The van der Waals surface area contributed by atoms with Crippen molar-refractivity contribution >= 4 is 32.7 Å². The molecule has 0 spiro atoms. The molecule has 7 heteroatoms. The van der Waals surface area contributed by atoms with Gasteiger partial charge in [-0.15, -0.1) is 0 Å². The zero-order valence-electron chi connectivity index (χ0n) is 6.19. The van der Waals surface area contributed by atoms with Crippen LogP contribution in [0.25, 0.3) is 11.0 Å². The Kier molecular flexibility index (Phi) is 1.73. The Labute approximate surface area is 80.3 Å². The topological polar surface area (TPSA) is 84.7 Å². The number of fused-ring (bicyclic) bond motifs is 1. The number of aromatic amines is 1. The Balaban J connectivity index is 2.70. The van der Waals surface area contributed by atoms with Gasteiger partial charge in [0.25, 0.3) is 5.69 Å². The molecule has 2 aromatic heterocycles. The monoisotopic (exact) mass is 242 g/mol. The number of pyridine rings is 1. The van der Waals surface area contributed by atoms with Gasteiger partial charge in [0, 0.05) is 6.07 Å². The number of nitrogens with one attached hydrogen (secondary N) is 1. The normalized spacial score (nSPS) is 10.5. The van der Waals surface area contributed by atoms with Crippen LogP contribution >= 0.6 is 15.9 Å². The molecule has 13 heavy (non-hydrogen) atoms. The van der Waals surface area contributed by atoms with Crippen LogP contribution in [-0.2, 0) is 0 Å². The minimum atomic E-state index is -0.505. The smallest absolute Gasteiger partial charge is 0.269 e. The molecule has 2 heterocycles. The van der Waals surface area contributed by atoms with Crippen molar-refractivity contribution in [3.8, 4) is 0 Å². The predicted octanol–water partition coefficient (Wildman–Crippen LogP) is 1.63. The maximum Gasteiger partial charge on any atom is 0.289 e. The van der Waals surface area contributed by atoms with Gasteiger partial charge < -0.3 is 0 Å². The molecule has 6 nitrogen and oxygen atoms in total. The van der Waals surface area contributed by atoms with Crippen molar-refractivity contribution in [1.82, 2.24) is 15.2 Å². The van der Waals surface area contributed by atoms with E-state index in [1.807, 2.05) is 0 Å². The average Bonchev–Trinajstić information content (AvgIpc) is 2.47. The number of rotatable bonds is 1. The second-order valence-corrected chi connectivity index (χ2v) is 3.15. The van der Waals surface area contributed by atoms with E-state index in [-0.39, 0.29) is 5.69 Å². The summed E-state index contributed by atoms with van der Waals surface area (Å²) in [5.74, 6) is 0. The number of nitro groups is 1. The lowest BCUT2D eigenvalue weighted by Crippen LogP contribution is -1.88. The molecule has 2 aromatic rings. The van der Waals surface area contributed by atoms with E-state index in [1.165, 1.54) is 12.3 Å². The van der Waals surface area contributed by atoms with Gasteiger partial charge in [0.05, 0.1) is 4.92 Å². The lowest BCUT2D eigenvalue weighted by molar-refractivity contribution is -0.385. The van der Waals surface area contributed by atoms with Crippen LogP contribution in [0.1, 0.15) is 0 Å². The van der Waals surface area contributed by atoms with Crippen molar-refractivity contribution in [2.75, 3.05) is 0 Å². The third-order valence-corrected chi connectivity index (χ3v) is 2.10. The third-order valence-electron chi connectivity index (χ3n) is 1.55.